The van der Waals surface area contributed by atoms with E-state index in [2.05, 4.69) is 36.7 Å². The summed E-state index contributed by atoms with van der Waals surface area (Å²) < 4.78 is 0. The molecule has 0 aliphatic carbocycles. The molecular weight excluding hydrogens is 224 g/mol. The summed E-state index contributed by atoms with van der Waals surface area (Å²) in [7, 11) is 0. The second kappa shape index (κ2) is 9.05. The normalized spacial score (nSPS) is 15.7. The zero-order valence-electron chi connectivity index (χ0n) is 9.48. The molecule has 13 heavy (non-hydrogen) atoms. The molecule has 2 atom stereocenters. The van der Waals surface area contributed by atoms with Crippen LogP contribution in [-0.2, 0) is 0 Å². The molecule has 0 N–H and O–H groups in total. The van der Waals surface area contributed by atoms with Gasteiger partial charge in [-0.05, 0) is 18.8 Å². The maximum atomic E-state index is 3.68. The minimum absolute atomic E-state index is 0.755. The van der Waals surface area contributed by atoms with Crippen molar-refractivity contribution in [3.63, 3.8) is 0 Å². The number of alkyl halides is 1. The standard InChI is InChI=1S/C12H25Br/c1-4-6-8-11(3)9-7-10-12(13)5-2/h11-12H,4-10H2,1-3H3. The minimum atomic E-state index is 0.755. The van der Waals surface area contributed by atoms with Crippen LogP contribution < -0.4 is 0 Å². The summed E-state index contributed by atoms with van der Waals surface area (Å²) in [4.78, 5) is 0.755. The van der Waals surface area contributed by atoms with Crippen molar-refractivity contribution in [1.82, 2.24) is 0 Å². The van der Waals surface area contributed by atoms with E-state index in [-0.39, 0.29) is 0 Å². The van der Waals surface area contributed by atoms with Gasteiger partial charge in [-0.15, -0.1) is 0 Å². The Morgan fingerprint density at radius 1 is 1.00 bits per heavy atom. The molecule has 0 radical (unpaired) electrons. The van der Waals surface area contributed by atoms with Crippen LogP contribution in [0.4, 0.5) is 0 Å². The Kier molecular flexibility index (Phi) is 9.39. The Morgan fingerprint density at radius 2 is 1.62 bits per heavy atom. The highest BCUT2D eigenvalue weighted by Gasteiger charge is 2.04. The number of rotatable bonds is 8. The van der Waals surface area contributed by atoms with E-state index in [0.717, 1.165) is 10.7 Å². The maximum Gasteiger partial charge on any atom is 0.0143 e. The van der Waals surface area contributed by atoms with Gasteiger partial charge in [0, 0.05) is 4.83 Å². The average Bonchev–Trinajstić information content (AvgIpc) is 2.14. The lowest BCUT2D eigenvalue weighted by molar-refractivity contribution is 0.447. The van der Waals surface area contributed by atoms with Gasteiger partial charge >= 0.3 is 0 Å². The summed E-state index contributed by atoms with van der Waals surface area (Å²) in [5.41, 5.74) is 0. The van der Waals surface area contributed by atoms with Crippen molar-refractivity contribution in [2.24, 2.45) is 5.92 Å². The Labute approximate surface area is 92.6 Å². The molecule has 1 heteroatoms. The summed E-state index contributed by atoms with van der Waals surface area (Å²) in [6.45, 7) is 6.92. The van der Waals surface area contributed by atoms with E-state index in [1.165, 1.54) is 44.9 Å². The second-order valence-electron chi connectivity index (χ2n) is 4.18. The third-order valence-electron chi connectivity index (χ3n) is 2.71. The molecule has 0 saturated heterocycles. The molecule has 0 heterocycles. The van der Waals surface area contributed by atoms with Crippen LogP contribution in [0.15, 0.2) is 0 Å². The van der Waals surface area contributed by atoms with Crippen molar-refractivity contribution in [2.45, 2.75) is 70.5 Å². The third-order valence-corrected chi connectivity index (χ3v) is 3.81. The molecule has 0 spiro atoms. The van der Waals surface area contributed by atoms with Crippen molar-refractivity contribution < 1.29 is 0 Å². The monoisotopic (exact) mass is 248 g/mol. The van der Waals surface area contributed by atoms with Crippen molar-refractivity contribution in [1.29, 1.82) is 0 Å². The van der Waals surface area contributed by atoms with Gasteiger partial charge in [-0.25, -0.2) is 0 Å². The van der Waals surface area contributed by atoms with Crippen LogP contribution in [0, 0.1) is 5.92 Å². The van der Waals surface area contributed by atoms with Gasteiger partial charge in [0.1, 0.15) is 0 Å². The predicted molar refractivity (Wildman–Crippen MR) is 65.5 cm³/mol. The van der Waals surface area contributed by atoms with Crippen LogP contribution in [0.2, 0.25) is 0 Å². The molecule has 0 aromatic rings. The highest BCUT2D eigenvalue weighted by Crippen LogP contribution is 2.19. The van der Waals surface area contributed by atoms with Crippen molar-refractivity contribution in [3.8, 4) is 0 Å². The van der Waals surface area contributed by atoms with Crippen LogP contribution in [0.25, 0.3) is 0 Å². The predicted octanol–water partition coefficient (Wildman–Crippen LogP) is 5.16. The van der Waals surface area contributed by atoms with Crippen molar-refractivity contribution >= 4 is 15.9 Å². The van der Waals surface area contributed by atoms with Crippen LogP contribution >= 0.6 is 15.9 Å². The van der Waals surface area contributed by atoms with E-state index >= 15 is 0 Å². The lowest BCUT2D eigenvalue weighted by Crippen LogP contribution is -1.99. The van der Waals surface area contributed by atoms with Gasteiger partial charge in [0.2, 0.25) is 0 Å². The molecule has 0 bridgehead atoms. The number of hydrogen-bond acceptors (Lipinski definition) is 0. The number of halogens is 1. The molecule has 80 valence electrons. The Hall–Kier alpha value is 0.480. The van der Waals surface area contributed by atoms with E-state index in [9.17, 15) is 0 Å². The van der Waals surface area contributed by atoms with Gasteiger partial charge < -0.3 is 0 Å². The Bertz CT molecular complexity index is 101. The third kappa shape index (κ3) is 8.80. The van der Waals surface area contributed by atoms with E-state index in [1.54, 1.807) is 0 Å². The first kappa shape index (κ1) is 13.5. The molecule has 0 rings (SSSR count). The first-order chi connectivity index (χ1) is 6.20. The van der Waals surface area contributed by atoms with E-state index in [4.69, 9.17) is 0 Å². The fourth-order valence-electron chi connectivity index (χ4n) is 1.59. The molecule has 0 fully saturated rings. The van der Waals surface area contributed by atoms with Gasteiger partial charge in [-0.2, -0.15) is 0 Å². The summed E-state index contributed by atoms with van der Waals surface area (Å²) in [5, 5.41) is 0. The lowest BCUT2D eigenvalue weighted by Gasteiger charge is -2.11. The van der Waals surface area contributed by atoms with Crippen LogP contribution in [0.3, 0.4) is 0 Å². The molecule has 0 amide bonds. The van der Waals surface area contributed by atoms with Gasteiger partial charge in [0.25, 0.3) is 0 Å². The van der Waals surface area contributed by atoms with Gasteiger partial charge in [-0.3, -0.25) is 0 Å². The zero-order valence-corrected chi connectivity index (χ0v) is 11.1. The van der Waals surface area contributed by atoms with Crippen molar-refractivity contribution in [2.75, 3.05) is 0 Å². The smallest absolute Gasteiger partial charge is 0.0143 e. The summed E-state index contributed by atoms with van der Waals surface area (Å²) in [5.74, 6) is 0.941. The molecular formula is C12H25Br. The SMILES string of the molecule is CCCCC(C)CCCC(Br)CC. The molecule has 0 aliphatic rings. The fraction of sp³-hybridized carbons (Fsp3) is 1.00. The van der Waals surface area contributed by atoms with Gasteiger partial charge in [-0.1, -0.05) is 68.8 Å². The van der Waals surface area contributed by atoms with Crippen LogP contribution in [0.5, 0.6) is 0 Å². The van der Waals surface area contributed by atoms with Crippen molar-refractivity contribution in [3.05, 3.63) is 0 Å². The highest BCUT2D eigenvalue weighted by molar-refractivity contribution is 9.09. The number of hydrogen-bond donors (Lipinski definition) is 0. The Balaban J connectivity index is 3.21. The first-order valence-corrected chi connectivity index (χ1v) is 6.76. The van der Waals surface area contributed by atoms with Gasteiger partial charge in [0.05, 0.1) is 0 Å². The van der Waals surface area contributed by atoms with Crippen LogP contribution in [0.1, 0.15) is 65.7 Å². The van der Waals surface area contributed by atoms with E-state index in [0.29, 0.717) is 0 Å². The molecule has 0 aromatic heterocycles. The fourth-order valence-corrected chi connectivity index (χ4v) is 1.91. The molecule has 0 nitrogen and oxygen atoms in total. The molecule has 2 unspecified atom stereocenters. The maximum absolute atomic E-state index is 3.68. The lowest BCUT2D eigenvalue weighted by atomic mass is 9.97. The van der Waals surface area contributed by atoms with Crippen LogP contribution in [-0.4, -0.2) is 4.83 Å². The topological polar surface area (TPSA) is 0 Å². The highest BCUT2D eigenvalue weighted by atomic mass is 79.9. The average molecular weight is 249 g/mol. The van der Waals surface area contributed by atoms with E-state index < -0.39 is 0 Å². The van der Waals surface area contributed by atoms with E-state index in [1.807, 2.05) is 0 Å². The molecule has 0 aromatic carbocycles. The van der Waals surface area contributed by atoms with Gasteiger partial charge in [0.15, 0.2) is 0 Å². The second-order valence-corrected chi connectivity index (χ2v) is 5.48. The molecule has 0 aliphatic heterocycles. The quantitative estimate of drug-likeness (QED) is 0.521. The Morgan fingerprint density at radius 3 is 2.15 bits per heavy atom. The number of unbranched alkanes of at least 4 members (excludes halogenated alkanes) is 1. The molecule has 0 saturated carbocycles. The summed E-state index contributed by atoms with van der Waals surface area (Å²) in [6, 6.07) is 0. The summed E-state index contributed by atoms with van der Waals surface area (Å²) in [6.07, 6.45) is 9.62. The minimum Gasteiger partial charge on any atom is -0.0891 e. The summed E-state index contributed by atoms with van der Waals surface area (Å²) >= 11 is 3.68. The largest absolute Gasteiger partial charge is 0.0891 e. The first-order valence-electron chi connectivity index (χ1n) is 5.84. The zero-order chi connectivity index (χ0) is 10.1.